The van der Waals surface area contributed by atoms with E-state index in [-0.39, 0.29) is 23.5 Å². The second kappa shape index (κ2) is 6.02. The first-order chi connectivity index (χ1) is 11.0. The maximum Gasteiger partial charge on any atom is 0.410 e. The van der Waals surface area contributed by atoms with Crippen molar-refractivity contribution in [1.82, 2.24) is 19.8 Å². The highest BCUT2D eigenvalue weighted by atomic mass is 16.6. The number of likely N-dealkylation sites (tertiary alicyclic amines) is 1. The number of hydrogen-bond donors (Lipinski definition) is 1. The Morgan fingerprint density at radius 2 is 2.04 bits per heavy atom. The molecule has 0 aliphatic carbocycles. The molecule has 8 heteroatoms. The summed E-state index contributed by atoms with van der Waals surface area (Å²) in [7, 11) is 1.52. The zero-order valence-electron chi connectivity index (χ0n) is 15.0. The molecule has 0 atom stereocenters. The van der Waals surface area contributed by atoms with Crippen LogP contribution in [-0.2, 0) is 11.8 Å². The molecule has 2 heterocycles. The Bertz CT molecular complexity index is 686. The second-order valence-corrected chi connectivity index (χ2v) is 6.59. The van der Waals surface area contributed by atoms with Gasteiger partial charge in [-0.2, -0.15) is 0 Å². The average molecular weight is 323 g/mol. The lowest BCUT2D eigenvalue weighted by Gasteiger charge is -2.39. The fraction of sp³-hybridized carbons (Fsp3) is 0.600. The van der Waals surface area contributed by atoms with Crippen molar-refractivity contribution in [1.29, 1.82) is 0 Å². The van der Waals surface area contributed by atoms with Crippen LogP contribution >= 0.6 is 0 Å². The molecule has 1 N–H and O–H groups in total. The number of imidazole rings is 1. The molecule has 1 aromatic rings. The van der Waals surface area contributed by atoms with Crippen molar-refractivity contribution in [2.24, 2.45) is 7.05 Å². The molecule has 1 aliphatic rings. The molecule has 0 saturated carbocycles. The smallest absolute Gasteiger partial charge is 0.410 e. The maximum absolute atomic E-state index is 12.4. The van der Waals surface area contributed by atoms with Crippen molar-refractivity contribution in [2.75, 3.05) is 13.1 Å². The van der Waals surface area contributed by atoms with Gasteiger partial charge in [-0.15, -0.1) is 0 Å². The number of carbonyl (C=O) groups excluding carboxylic acids is 3. The molecule has 126 valence electrons. The van der Waals surface area contributed by atoms with E-state index in [0.29, 0.717) is 18.8 Å². The van der Waals surface area contributed by atoms with Crippen LogP contribution in [0.5, 0.6) is 0 Å². The van der Waals surface area contributed by atoms with Crippen molar-refractivity contribution in [2.45, 2.75) is 39.3 Å². The fourth-order valence-electron chi connectivity index (χ4n) is 2.34. The molecule has 0 spiro atoms. The molecule has 23 heavy (non-hydrogen) atoms. The Kier molecular flexibility index (Phi) is 4.06. The number of rotatable bonds is 3. The molecule has 2 amide bonds. The molecule has 1 fully saturated rings. The van der Waals surface area contributed by atoms with Crippen LogP contribution in [-0.4, -0.2) is 57.4 Å². The quantitative estimate of drug-likeness (QED) is 0.834. The van der Waals surface area contributed by atoms with Crippen LogP contribution in [0.25, 0.3) is 0 Å². The number of ether oxygens (including phenoxy) is 1. The molecule has 1 aliphatic heterocycles. The lowest BCUT2D eigenvalue weighted by Crippen LogP contribution is -2.61. The van der Waals surface area contributed by atoms with Crippen LogP contribution in [0.1, 0.15) is 48.9 Å². The first-order valence-electron chi connectivity index (χ1n) is 7.82. The molecule has 1 saturated heterocycles. The van der Waals surface area contributed by atoms with E-state index in [9.17, 15) is 14.4 Å². The summed E-state index contributed by atoms with van der Waals surface area (Å²) in [6.07, 6.45) is -1.36. The first kappa shape index (κ1) is 15.5. The zero-order chi connectivity index (χ0) is 18.2. The predicted octanol–water partition coefficient (Wildman–Crippen LogP) is 0.890. The van der Waals surface area contributed by atoms with E-state index >= 15 is 0 Å². The fourth-order valence-corrected chi connectivity index (χ4v) is 2.34. The highest BCUT2D eigenvalue weighted by Crippen LogP contribution is 2.16. The molecule has 2 rings (SSSR count). The summed E-state index contributed by atoms with van der Waals surface area (Å²) >= 11 is 0. The van der Waals surface area contributed by atoms with Crippen LogP contribution in [0, 0.1) is 6.92 Å². The lowest BCUT2D eigenvalue weighted by molar-refractivity contribution is 0.00528. The summed E-state index contributed by atoms with van der Waals surface area (Å²) in [6, 6.07) is -0.186. The molecule has 0 bridgehead atoms. The summed E-state index contributed by atoms with van der Waals surface area (Å²) < 4.78 is 13.7. The van der Waals surface area contributed by atoms with E-state index in [0.717, 1.165) is 0 Å². The molecule has 0 aromatic carbocycles. The Morgan fingerprint density at radius 3 is 2.52 bits per heavy atom. The van der Waals surface area contributed by atoms with Crippen LogP contribution < -0.4 is 5.32 Å². The van der Waals surface area contributed by atoms with Gasteiger partial charge in [-0.05, 0) is 27.7 Å². The van der Waals surface area contributed by atoms with E-state index in [1.165, 1.54) is 16.5 Å². The minimum Gasteiger partial charge on any atom is -0.444 e. The monoisotopic (exact) mass is 323 g/mol. The van der Waals surface area contributed by atoms with E-state index in [2.05, 4.69) is 10.3 Å². The van der Waals surface area contributed by atoms with Crippen molar-refractivity contribution in [3.05, 3.63) is 17.2 Å². The van der Waals surface area contributed by atoms with E-state index in [1.54, 1.807) is 27.7 Å². The van der Waals surface area contributed by atoms with Gasteiger partial charge in [-0.25, -0.2) is 9.78 Å². The number of carbonyl (C=O) groups is 3. The van der Waals surface area contributed by atoms with Crippen molar-refractivity contribution >= 4 is 18.3 Å². The predicted molar refractivity (Wildman–Crippen MR) is 82.4 cm³/mol. The highest BCUT2D eigenvalue weighted by molar-refractivity contribution is 5.95. The third-order valence-corrected chi connectivity index (χ3v) is 3.44. The van der Waals surface area contributed by atoms with Crippen molar-refractivity contribution in [3.63, 3.8) is 0 Å². The van der Waals surface area contributed by atoms with Gasteiger partial charge in [-0.1, -0.05) is 0 Å². The number of aryl methyl sites for hydroxylation is 1. The van der Waals surface area contributed by atoms with Gasteiger partial charge in [0.25, 0.3) is 5.91 Å². The van der Waals surface area contributed by atoms with Crippen molar-refractivity contribution in [3.8, 4) is 0 Å². The van der Waals surface area contributed by atoms with Crippen LogP contribution in [0.2, 0.25) is 0 Å². The third kappa shape index (κ3) is 3.69. The Morgan fingerprint density at radius 1 is 1.43 bits per heavy atom. The topological polar surface area (TPSA) is 93.5 Å². The second-order valence-electron chi connectivity index (χ2n) is 6.59. The van der Waals surface area contributed by atoms with Gasteiger partial charge in [-0.3, -0.25) is 9.59 Å². The number of nitrogens with one attached hydrogen (secondary N) is 1. The normalized spacial score (nSPS) is 15.7. The number of hydrogen-bond acceptors (Lipinski definition) is 5. The Hall–Kier alpha value is -2.38. The summed E-state index contributed by atoms with van der Waals surface area (Å²) in [5.41, 5.74) is 0.0615. The number of aromatic nitrogens is 2. The van der Waals surface area contributed by atoms with Crippen LogP contribution in [0.4, 0.5) is 4.79 Å². The van der Waals surface area contributed by atoms with E-state index < -0.39 is 18.0 Å². The van der Waals surface area contributed by atoms with Gasteiger partial charge < -0.3 is 19.5 Å². The summed E-state index contributed by atoms with van der Waals surface area (Å²) in [5.74, 6) is -0.467. The van der Waals surface area contributed by atoms with Gasteiger partial charge in [0, 0.05) is 20.1 Å². The largest absolute Gasteiger partial charge is 0.444 e. The summed E-state index contributed by atoms with van der Waals surface area (Å²) in [4.78, 5) is 40.8. The van der Waals surface area contributed by atoms with Gasteiger partial charge >= 0.3 is 6.09 Å². The zero-order valence-corrected chi connectivity index (χ0v) is 14.0. The standard InChI is InChI=1S/C15H22N4O4/c1-9-12(18(5)11(8-20)16-9)13(21)17-10-6-19(7-10)14(22)23-15(2,3)4/h8,10H,6-7H2,1-5H3,(H,17,21)/i8D. The van der Waals surface area contributed by atoms with Gasteiger partial charge in [0.05, 0.1) is 11.7 Å². The van der Waals surface area contributed by atoms with E-state index in [4.69, 9.17) is 6.11 Å². The van der Waals surface area contributed by atoms with Crippen LogP contribution in [0.15, 0.2) is 0 Å². The van der Waals surface area contributed by atoms with Gasteiger partial charge in [0.15, 0.2) is 12.1 Å². The maximum atomic E-state index is 12.4. The molecular formula is C15H22N4O4. The first-order valence-corrected chi connectivity index (χ1v) is 7.32. The lowest BCUT2D eigenvalue weighted by atomic mass is 10.1. The number of aldehydes is 1. The molecule has 1 aromatic heterocycles. The summed E-state index contributed by atoms with van der Waals surface area (Å²) in [6.45, 7) is 7.71. The molecular weight excluding hydrogens is 300 g/mol. The summed E-state index contributed by atoms with van der Waals surface area (Å²) in [5, 5.41) is 2.79. The van der Waals surface area contributed by atoms with Gasteiger partial charge in [0.1, 0.15) is 12.7 Å². The molecule has 0 unspecified atom stereocenters. The third-order valence-electron chi connectivity index (χ3n) is 3.44. The number of amides is 2. The SMILES string of the molecule is [2H]C(=O)c1nc(C)c(C(=O)NC2CN(C(=O)OC(C)(C)C)C2)n1C. The van der Waals surface area contributed by atoms with Gasteiger partial charge in [0.2, 0.25) is 0 Å². The van der Waals surface area contributed by atoms with Crippen molar-refractivity contribution < 1.29 is 20.5 Å². The average Bonchev–Trinajstić information content (AvgIpc) is 2.66. The molecule has 0 radical (unpaired) electrons. The number of nitrogens with zero attached hydrogens (tertiary/aromatic N) is 3. The molecule has 8 nitrogen and oxygen atoms in total. The van der Waals surface area contributed by atoms with Crippen LogP contribution in [0.3, 0.4) is 0 Å². The minimum atomic E-state index is -0.945. The highest BCUT2D eigenvalue weighted by Gasteiger charge is 2.35. The van der Waals surface area contributed by atoms with E-state index in [1.807, 2.05) is 0 Å². The Balaban J connectivity index is 1.94. The minimum absolute atomic E-state index is 0.0818. The Labute approximate surface area is 136 Å².